The Morgan fingerprint density at radius 3 is 2.72 bits per heavy atom. The highest BCUT2D eigenvalue weighted by molar-refractivity contribution is 5.87. The molecule has 2 aromatic carbocycles. The minimum atomic E-state index is -0.494. The van der Waals surface area contributed by atoms with Gasteiger partial charge >= 0.3 is 0 Å². The number of halogens is 1. The monoisotopic (exact) mass is 392 g/mol. The summed E-state index contributed by atoms with van der Waals surface area (Å²) in [7, 11) is 2.07. The number of aryl methyl sites for hydroxylation is 1. The van der Waals surface area contributed by atoms with Gasteiger partial charge in [-0.05, 0) is 68.4 Å². The molecule has 2 aromatic heterocycles. The van der Waals surface area contributed by atoms with Crippen LogP contribution in [0.15, 0.2) is 39.5 Å². The van der Waals surface area contributed by atoms with Crippen LogP contribution in [0, 0.1) is 12.7 Å². The Labute approximate surface area is 166 Å². The maximum Gasteiger partial charge on any atom is 0.258 e. The maximum absolute atomic E-state index is 15.0. The van der Waals surface area contributed by atoms with Gasteiger partial charge in [0.25, 0.3) is 5.56 Å². The number of piperidine rings is 1. The minimum Gasteiger partial charge on any atom is -0.441 e. The number of likely N-dealkylation sites (tertiary alicyclic amines) is 1. The van der Waals surface area contributed by atoms with E-state index in [0.29, 0.717) is 22.9 Å². The Morgan fingerprint density at radius 2 is 1.93 bits per heavy atom. The van der Waals surface area contributed by atoms with Crippen molar-refractivity contribution in [1.82, 2.24) is 19.9 Å². The van der Waals surface area contributed by atoms with Gasteiger partial charge in [-0.1, -0.05) is 6.07 Å². The van der Waals surface area contributed by atoms with Gasteiger partial charge in [-0.3, -0.25) is 4.79 Å². The average molecular weight is 392 g/mol. The third-order valence-corrected chi connectivity index (χ3v) is 5.72. The lowest BCUT2D eigenvalue weighted by atomic mass is 9.96. The second kappa shape index (κ2) is 6.77. The molecule has 29 heavy (non-hydrogen) atoms. The van der Waals surface area contributed by atoms with E-state index in [1.54, 1.807) is 13.0 Å². The lowest BCUT2D eigenvalue weighted by Crippen LogP contribution is -2.30. The molecule has 1 aliphatic rings. The summed E-state index contributed by atoms with van der Waals surface area (Å²) in [6, 6.07) is 8.60. The lowest BCUT2D eigenvalue weighted by Gasteiger charge is -2.28. The van der Waals surface area contributed by atoms with E-state index in [2.05, 4.69) is 26.9 Å². The van der Waals surface area contributed by atoms with Crippen molar-refractivity contribution in [3.05, 3.63) is 58.2 Å². The van der Waals surface area contributed by atoms with Gasteiger partial charge in [0.1, 0.15) is 22.7 Å². The van der Waals surface area contributed by atoms with Gasteiger partial charge in [-0.25, -0.2) is 14.4 Å². The van der Waals surface area contributed by atoms with Crippen molar-refractivity contribution in [1.29, 1.82) is 0 Å². The molecule has 1 fully saturated rings. The van der Waals surface area contributed by atoms with E-state index in [0.717, 1.165) is 37.0 Å². The van der Waals surface area contributed by atoms with Crippen LogP contribution in [-0.4, -0.2) is 40.0 Å². The van der Waals surface area contributed by atoms with E-state index in [-0.39, 0.29) is 22.4 Å². The summed E-state index contributed by atoms with van der Waals surface area (Å²) in [4.78, 5) is 26.7. The van der Waals surface area contributed by atoms with E-state index in [9.17, 15) is 9.18 Å². The number of aromatic amines is 1. The highest BCUT2D eigenvalue weighted by Crippen LogP contribution is 2.30. The summed E-state index contributed by atoms with van der Waals surface area (Å²) < 4.78 is 20.6. The zero-order valence-corrected chi connectivity index (χ0v) is 16.3. The first kappa shape index (κ1) is 18.0. The van der Waals surface area contributed by atoms with Crippen LogP contribution >= 0.6 is 0 Å². The van der Waals surface area contributed by atoms with Gasteiger partial charge in [-0.2, -0.15) is 0 Å². The third-order valence-electron chi connectivity index (χ3n) is 5.72. The van der Waals surface area contributed by atoms with E-state index in [1.165, 1.54) is 6.07 Å². The van der Waals surface area contributed by atoms with Crippen LogP contribution in [0.2, 0.25) is 0 Å². The molecule has 1 aliphatic heterocycles. The Kier molecular flexibility index (Phi) is 4.20. The van der Waals surface area contributed by atoms with Gasteiger partial charge in [0.05, 0.1) is 5.39 Å². The normalized spacial score (nSPS) is 16.1. The van der Waals surface area contributed by atoms with Gasteiger partial charge in [0, 0.05) is 12.8 Å². The molecule has 0 atom stereocenters. The minimum absolute atomic E-state index is 0.128. The van der Waals surface area contributed by atoms with E-state index in [4.69, 9.17) is 4.42 Å². The number of hydrogen-bond acceptors (Lipinski definition) is 5. The molecule has 1 saturated heterocycles. The molecule has 6 nitrogen and oxygen atoms in total. The van der Waals surface area contributed by atoms with Crippen molar-refractivity contribution in [2.45, 2.75) is 25.7 Å². The zero-order valence-electron chi connectivity index (χ0n) is 16.3. The Hall–Kier alpha value is -3.06. The second-order valence-electron chi connectivity index (χ2n) is 7.80. The number of fused-ring (bicyclic) bond motifs is 2. The molecule has 0 saturated carbocycles. The topological polar surface area (TPSA) is 75.0 Å². The van der Waals surface area contributed by atoms with Crippen molar-refractivity contribution in [3.63, 3.8) is 0 Å². The molecule has 3 heterocycles. The smallest absolute Gasteiger partial charge is 0.258 e. The van der Waals surface area contributed by atoms with Crippen molar-refractivity contribution < 1.29 is 8.81 Å². The predicted octanol–water partition coefficient (Wildman–Crippen LogP) is 3.99. The summed E-state index contributed by atoms with van der Waals surface area (Å²) in [6.45, 7) is 3.66. The first-order valence-electron chi connectivity index (χ1n) is 9.77. The molecule has 7 heteroatoms. The van der Waals surface area contributed by atoms with Crippen molar-refractivity contribution in [2.24, 2.45) is 0 Å². The molecule has 0 spiro atoms. The molecule has 0 bridgehead atoms. The number of benzene rings is 2. The summed E-state index contributed by atoms with van der Waals surface area (Å²) in [5.74, 6) is 0.816. The number of H-pyrrole nitrogens is 1. The summed E-state index contributed by atoms with van der Waals surface area (Å²) in [6.07, 6.45) is 1.81. The van der Waals surface area contributed by atoms with Crippen LogP contribution in [-0.2, 0) is 0 Å². The van der Waals surface area contributed by atoms with Gasteiger partial charge in [0.2, 0.25) is 0 Å². The fourth-order valence-corrected chi connectivity index (χ4v) is 4.08. The van der Waals surface area contributed by atoms with Gasteiger partial charge in [0.15, 0.2) is 11.5 Å². The van der Waals surface area contributed by atoms with E-state index >= 15 is 0 Å². The highest BCUT2D eigenvalue weighted by Gasteiger charge is 2.22. The van der Waals surface area contributed by atoms with E-state index < -0.39 is 5.82 Å². The number of nitrogens with zero attached hydrogens (tertiary/aromatic N) is 3. The maximum atomic E-state index is 15.0. The predicted molar refractivity (Wildman–Crippen MR) is 110 cm³/mol. The fraction of sp³-hybridized carbons (Fsp3) is 0.318. The second-order valence-corrected chi connectivity index (χ2v) is 7.80. The van der Waals surface area contributed by atoms with Gasteiger partial charge in [-0.15, -0.1) is 0 Å². The molecule has 5 rings (SSSR count). The van der Waals surface area contributed by atoms with E-state index in [1.807, 2.05) is 18.2 Å². The summed E-state index contributed by atoms with van der Waals surface area (Å²) in [5, 5.41) is 0.255. The van der Waals surface area contributed by atoms with Gasteiger partial charge < -0.3 is 14.3 Å². The standard InChI is InChI=1S/C22H21FN4O2/c1-12-24-18-4-3-14(11-19(18)29-12)15-9-16-20(17(23)10-15)25-21(26-22(16)28)13-5-7-27(2)8-6-13/h3-4,9-11,13H,5-8H2,1-2H3,(H,25,26,28). The summed E-state index contributed by atoms with van der Waals surface area (Å²) >= 11 is 0. The van der Waals surface area contributed by atoms with Crippen LogP contribution in [0.1, 0.15) is 30.5 Å². The average Bonchev–Trinajstić information content (AvgIpc) is 3.08. The van der Waals surface area contributed by atoms with Crippen LogP contribution in [0.4, 0.5) is 4.39 Å². The van der Waals surface area contributed by atoms with Crippen LogP contribution in [0.3, 0.4) is 0 Å². The van der Waals surface area contributed by atoms with Crippen molar-refractivity contribution in [2.75, 3.05) is 20.1 Å². The van der Waals surface area contributed by atoms with Crippen molar-refractivity contribution >= 4 is 22.0 Å². The fourth-order valence-electron chi connectivity index (χ4n) is 4.08. The number of nitrogens with one attached hydrogen (secondary N) is 1. The Bertz CT molecular complexity index is 1290. The molecule has 0 aliphatic carbocycles. The van der Waals surface area contributed by atoms with Crippen molar-refractivity contribution in [3.8, 4) is 11.1 Å². The number of aromatic nitrogens is 3. The first-order valence-corrected chi connectivity index (χ1v) is 9.77. The third kappa shape index (κ3) is 3.21. The SMILES string of the molecule is Cc1nc2ccc(-c3cc(F)c4nc(C5CCN(C)CC5)[nH]c(=O)c4c3)cc2o1. The lowest BCUT2D eigenvalue weighted by molar-refractivity contribution is 0.251. The molecular weight excluding hydrogens is 371 g/mol. The largest absolute Gasteiger partial charge is 0.441 e. The Balaban J connectivity index is 1.59. The highest BCUT2D eigenvalue weighted by atomic mass is 19.1. The van der Waals surface area contributed by atoms with Crippen LogP contribution in [0.25, 0.3) is 33.1 Å². The number of hydrogen-bond donors (Lipinski definition) is 1. The van der Waals surface area contributed by atoms with Crippen LogP contribution in [0.5, 0.6) is 0 Å². The molecule has 4 aromatic rings. The molecular formula is C22H21FN4O2. The zero-order chi connectivity index (χ0) is 20.1. The molecule has 148 valence electrons. The Morgan fingerprint density at radius 1 is 1.14 bits per heavy atom. The molecule has 0 unspecified atom stereocenters. The molecule has 1 N–H and O–H groups in total. The molecule has 0 radical (unpaired) electrons. The number of rotatable bonds is 2. The number of oxazole rings is 1. The first-order chi connectivity index (χ1) is 14.0. The molecule has 0 amide bonds. The summed E-state index contributed by atoms with van der Waals surface area (Å²) in [5.41, 5.74) is 2.56. The quantitative estimate of drug-likeness (QED) is 0.558. The van der Waals surface area contributed by atoms with Crippen LogP contribution < -0.4 is 5.56 Å².